The molecular formula is C10H14N2O. The van der Waals surface area contributed by atoms with E-state index in [1.165, 1.54) is 0 Å². The molecule has 70 valence electrons. The lowest BCUT2D eigenvalue weighted by Gasteiger charge is -2.19. The zero-order valence-corrected chi connectivity index (χ0v) is 8.03. The van der Waals surface area contributed by atoms with E-state index in [9.17, 15) is 0 Å². The summed E-state index contributed by atoms with van der Waals surface area (Å²) in [6, 6.07) is 4.17. The van der Waals surface area contributed by atoms with Crippen LogP contribution in [-0.4, -0.2) is 18.0 Å². The molecule has 0 bridgehead atoms. The Kier molecular flexibility index (Phi) is 3.53. The van der Waals surface area contributed by atoms with E-state index in [-0.39, 0.29) is 6.04 Å². The SMILES string of the molecule is CCC(C#N)N(C)Cc1ccoc1. The van der Waals surface area contributed by atoms with Gasteiger partial charge in [-0.15, -0.1) is 0 Å². The fourth-order valence-electron chi connectivity index (χ4n) is 1.28. The summed E-state index contributed by atoms with van der Waals surface area (Å²) in [7, 11) is 1.95. The van der Waals surface area contributed by atoms with E-state index in [4.69, 9.17) is 9.68 Å². The van der Waals surface area contributed by atoms with E-state index in [2.05, 4.69) is 6.07 Å². The van der Waals surface area contributed by atoms with Crippen LogP contribution in [0.3, 0.4) is 0 Å². The first kappa shape index (κ1) is 9.82. The summed E-state index contributed by atoms with van der Waals surface area (Å²) in [5, 5.41) is 8.81. The van der Waals surface area contributed by atoms with Gasteiger partial charge in [0, 0.05) is 12.1 Å². The van der Waals surface area contributed by atoms with Gasteiger partial charge in [-0.3, -0.25) is 4.90 Å². The van der Waals surface area contributed by atoms with Crippen LogP contribution in [0.1, 0.15) is 18.9 Å². The first-order valence-electron chi connectivity index (χ1n) is 4.38. The molecule has 1 atom stereocenters. The average Bonchev–Trinajstić information content (AvgIpc) is 2.59. The molecule has 0 aliphatic carbocycles. The van der Waals surface area contributed by atoms with Crippen molar-refractivity contribution in [1.82, 2.24) is 4.90 Å². The van der Waals surface area contributed by atoms with Gasteiger partial charge in [0.15, 0.2) is 0 Å². The van der Waals surface area contributed by atoms with Gasteiger partial charge in [0.2, 0.25) is 0 Å². The van der Waals surface area contributed by atoms with Crippen molar-refractivity contribution in [2.24, 2.45) is 0 Å². The number of nitrogens with zero attached hydrogens (tertiary/aromatic N) is 2. The highest BCUT2D eigenvalue weighted by atomic mass is 16.3. The maximum absolute atomic E-state index is 8.81. The topological polar surface area (TPSA) is 40.2 Å². The normalized spacial score (nSPS) is 12.8. The number of nitriles is 1. The minimum atomic E-state index is -0.00472. The van der Waals surface area contributed by atoms with Crippen LogP contribution in [0.4, 0.5) is 0 Å². The zero-order valence-electron chi connectivity index (χ0n) is 8.03. The van der Waals surface area contributed by atoms with Gasteiger partial charge < -0.3 is 4.42 Å². The van der Waals surface area contributed by atoms with Crippen LogP contribution in [0.15, 0.2) is 23.0 Å². The minimum absolute atomic E-state index is 0.00472. The van der Waals surface area contributed by atoms with Crippen LogP contribution in [0.25, 0.3) is 0 Å². The lowest BCUT2D eigenvalue weighted by atomic mass is 10.2. The van der Waals surface area contributed by atoms with Crippen LogP contribution in [-0.2, 0) is 6.54 Å². The summed E-state index contributed by atoms with van der Waals surface area (Å²) in [6.45, 7) is 2.78. The molecule has 0 aromatic carbocycles. The van der Waals surface area contributed by atoms with E-state index in [1.54, 1.807) is 12.5 Å². The third-order valence-electron chi connectivity index (χ3n) is 2.08. The first-order chi connectivity index (χ1) is 6.27. The highest BCUT2D eigenvalue weighted by molar-refractivity contribution is 5.06. The molecule has 0 amide bonds. The third-order valence-corrected chi connectivity index (χ3v) is 2.08. The van der Waals surface area contributed by atoms with Crippen molar-refractivity contribution >= 4 is 0 Å². The van der Waals surface area contributed by atoms with Crippen molar-refractivity contribution in [1.29, 1.82) is 5.26 Å². The second-order valence-electron chi connectivity index (χ2n) is 3.10. The molecule has 3 nitrogen and oxygen atoms in total. The second kappa shape index (κ2) is 4.68. The molecule has 0 N–H and O–H groups in total. The van der Waals surface area contributed by atoms with Crippen molar-refractivity contribution in [3.8, 4) is 6.07 Å². The fourth-order valence-corrected chi connectivity index (χ4v) is 1.28. The predicted molar refractivity (Wildman–Crippen MR) is 49.9 cm³/mol. The van der Waals surface area contributed by atoms with Gasteiger partial charge in [0.05, 0.1) is 24.6 Å². The molecule has 0 radical (unpaired) electrons. The van der Waals surface area contributed by atoms with E-state index < -0.39 is 0 Å². The highest BCUT2D eigenvalue weighted by Gasteiger charge is 2.11. The predicted octanol–water partition coefficient (Wildman–Crippen LogP) is 2.01. The van der Waals surface area contributed by atoms with Gasteiger partial charge in [-0.25, -0.2) is 0 Å². The summed E-state index contributed by atoms with van der Waals surface area (Å²) in [4.78, 5) is 2.02. The van der Waals surface area contributed by atoms with Crippen molar-refractivity contribution < 1.29 is 4.42 Å². The molecule has 1 aromatic rings. The van der Waals surface area contributed by atoms with Gasteiger partial charge in [0.1, 0.15) is 0 Å². The summed E-state index contributed by atoms with van der Waals surface area (Å²) < 4.78 is 4.95. The molecule has 0 saturated heterocycles. The van der Waals surface area contributed by atoms with Crippen LogP contribution >= 0.6 is 0 Å². The van der Waals surface area contributed by atoms with Crippen LogP contribution in [0.2, 0.25) is 0 Å². The van der Waals surface area contributed by atoms with Gasteiger partial charge in [-0.05, 0) is 19.5 Å². The standard InChI is InChI=1S/C10H14N2O/c1-3-10(6-11)12(2)7-9-4-5-13-8-9/h4-5,8,10H,3,7H2,1-2H3. The maximum atomic E-state index is 8.81. The Morgan fingerprint density at radius 1 is 1.69 bits per heavy atom. The molecule has 0 aliphatic rings. The minimum Gasteiger partial charge on any atom is -0.472 e. The van der Waals surface area contributed by atoms with E-state index in [0.29, 0.717) is 0 Å². The molecule has 3 heteroatoms. The maximum Gasteiger partial charge on any atom is 0.0975 e. The van der Waals surface area contributed by atoms with Crippen molar-refractivity contribution in [3.63, 3.8) is 0 Å². The Hall–Kier alpha value is -1.27. The summed E-state index contributed by atoms with van der Waals surface area (Å²) in [5.41, 5.74) is 1.11. The van der Waals surface area contributed by atoms with Gasteiger partial charge >= 0.3 is 0 Å². The highest BCUT2D eigenvalue weighted by Crippen LogP contribution is 2.08. The largest absolute Gasteiger partial charge is 0.472 e. The van der Waals surface area contributed by atoms with E-state index in [1.807, 2.05) is 24.9 Å². The van der Waals surface area contributed by atoms with Gasteiger partial charge in [-0.1, -0.05) is 6.92 Å². The first-order valence-corrected chi connectivity index (χ1v) is 4.38. The molecule has 0 spiro atoms. The third kappa shape index (κ3) is 2.60. The molecular weight excluding hydrogens is 164 g/mol. The number of hydrogen-bond acceptors (Lipinski definition) is 3. The van der Waals surface area contributed by atoms with E-state index in [0.717, 1.165) is 18.5 Å². The van der Waals surface area contributed by atoms with E-state index >= 15 is 0 Å². The zero-order chi connectivity index (χ0) is 9.68. The molecule has 1 aromatic heterocycles. The monoisotopic (exact) mass is 178 g/mol. The van der Waals surface area contributed by atoms with Gasteiger partial charge in [-0.2, -0.15) is 5.26 Å². The molecule has 0 aliphatic heterocycles. The Morgan fingerprint density at radius 2 is 2.46 bits per heavy atom. The quantitative estimate of drug-likeness (QED) is 0.708. The fraction of sp³-hybridized carbons (Fsp3) is 0.500. The van der Waals surface area contributed by atoms with Crippen molar-refractivity contribution in [3.05, 3.63) is 24.2 Å². The number of rotatable bonds is 4. The number of hydrogen-bond donors (Lipinski definition) is 0. The van der Waals surface area contributed by atoms with Crippen LogP contribution in [0, 0.1) is 11.3 Å². The lowest BCUT2D eigenvalue weighted by Crippen LogP contribution is -2.28. The van der Waals surface area contributed by atoms with Crippen molar-refractivity contribution in [2.45, 2.75) is 25.9 Å². The lowest BCUT2D eigenvalue weighted by molar-refractivity contribution is 0.273. The van der Waals surface area contributed by atoms with Crippen LogP contribution < -0.4 is 0 Å². The summed E-state index contributed by atoms with van der Waals surface area (Å²) >= 11 is 0. The number of furan rings is 1. The summed E-state index contributed by atoms with van der Waals surface area (Å²) in [6.07, 6.45) is 4.21. The Morgan fingerprint density at radius 3 is 2.92 bits per heavy atom. The summed E-state index contributed by atoms with van der Waals surface area (Å²) in [5.74, 6) is 0. The van der Waals surface area contributed by atoms with Crippen LogP contribution in [0.5, 0.6) is 0 Å². The smallest absolute Gasteiger partial charge is 0.0975 e. The molecule has 0 saturated carbocycles. The molecule has 1 heterocycles. The molecule has 13 heavy (non-hydrogen) atoms. The Balaban J connectivity index is 2.50. The molecule has 1 unspecified atom stereocenters. The van der Waals surface area contributed by atoms with Gasteiger partial charge in [0.25, 0.3) is 0 Å². The molecule has 0 fully saturated rings. The molecule has 1 rings (SSSR count). The second-order valence-corrected chi connectivity index (χ2v) is 3.10. The Labute approximate surface area is 78.6 Å². The Bertz CT molecular complexity index is 274. The average molecular weight is 178 g/mol. The van der Waals surface area contributed by atoms with Crippen molar-refractivity contribution in [2.75, 3.05) is 7.05 Å².